The number of aryl methyl sites for hydroxylation is 1. The predicted octanol–water partition coefficient (Wildman–Crippen LogP) is 1.64. The van der Waals surface area contributed by atoms with Crippen LogP contribution in [0.25, 0.3) is 10.9 Å². The molecule has 16 heavy (non-hydrogen) atoms. The van der Waals surface area contributed by atoms with E-state index in [4.69, 9.17) is 11.6 Å². The summed E-state index contributed by atoms with van der Waals surface area (Å²) in [6.45, 7) is 0. The summed E-state index contributed by atoms with van der Waals surface area (Å²) < 4.78 is 1.51. The summed E-state index contributed by atoms with van der Waals surface area (Å²) in [4.78, 5) is 27.3. The van der Waals surface area contributed by atoms with Crippen molar-refractivity contribution < 1.29 is 4.79 Å². The number of rotatable bonds is 0. The number of nitrogens with zero attached hydrogens (tertiary/aromatic N) is 2. The largest absolute Gasteiger partial charge is 0.280 e. The summed E-state index contributed by atoms with van der Waals surface area (Å²) in [6.07, 6.45) is 0.945. The van der Waals surface area contributed by atoms with Crippen molar-refractivity contribution in [3.05, 3.63) is 39.4 Å². The standard InChI is InChI=1S/C11H7ClN2O2/c12-6-1-2-8-7(5-6)11(16)13-9-3-4-10(15)14(8)9/h1-2,5H,3-4H2. The first-order valence-electron chi connectivity index (χ1n) is 4.91. The molecule has 80 valence electrons. The molecular weight excluding hydrogens is 228 g/mol. The van der Waals surface area contributed by atoms with Crippen LogP contribution in [0.2, 0.25) is 5.02 Å². The molecule has 1 aromatic heterocycles. The van der Waals surface area contributed by atoms with E-state index in [-0.39, 0.29) is 11.5 Å². The SMILES string of the molecule is O=C1CCc2nc(=O)c3cc(Cl)ccc3n21. The number of aromatic nitrogens is 2. The van der Waals surface area contributed by atoms with E-state index in [1.807, 2.05) is 0 Å². The highest BCUT2D eigenvalue weighted by Crippen LogP contribution is 2.21. The molecule has 0 atom stereocenters. The van der Waals surface area contributed by atoms with Gasteiger partial charge in [0, 0.05) is 17.9 Å². The Kier molecular flexibility index (Phi) is 1.88. The maximum absolute atomic E-state index is 11.7. The van der Waals surface area contributed by atoms with Gasteiger partial charge in [-0.2, -0.15) is 4.98 Å². The highest BCUT2D eigenvalue weighted by atomic mass is 35.5. The lowest BCUT2D eigenvalue weighted by molar-refractivity contribution is 0.0928. The second-order valence-electron chi connectivity index (χ2n) is 3.72. The van der Waals surface area contributed by atoms with Crippen LogP contribution in [0.1, 0.15) is 17.0 Å². The van der Waals surface area contributed by atoms with Crippen LogP contribution in [-0.2, 0) is 6.42 Å². The van der Waals surface area contributed by atoms with Crippen molar-refractivity contribution >= 4 is 28.4 Å². The lowest BCUT2D eigenvalue weighted by Gasteiger charge is -2.06. The van der Waals surface area contributed by atoms with E-state index in [0.29, 0.717) is 34.6 Å². The molecular formula is C11H7ClN2O2. The monoisotopic (exact) mass is 234 g/mol. The Morgan fingerprint density at radius 1 is 1.25 bits per heavy atom. The molecule has 0 saturated carbocycles. The van der Waals surface area contributed by atoms with Gasteiger partial charge in [0.15, 0.2) is 0 Å². The molecule has 0 unspecified atom stereocenters. The summed E-state index contributed by atoms with van der Waals surface area (Å²) in [7, 11) is 0. The van der Waals surface area contributed by atoms with Gasteiger partial charge >= 0.3 is 0 Å². The summed E-state index contributed by atoms with van der Waals surface area (Å²) in [5.74, 6) is 0.527. The summed E-state index contributed by atoms with van der Waals surface area (Å²) >= 11 is 5.82. The number of carbonyl (C=O) groups excluding carboxylic acids is 1. The molecule has 4 nitrogen and oxygen atoms in total. The molecule has 0 aliphatic carbocycles. The molecule has 0 bridgehead atoms. The fourth-order valence-corrected chi connectivity index (χ4v) is 2.19. The van der Waals surface area contributed by atoms with Crippen LogP contribution in [0, 0.1) is 0 Å². The Hall–Kier alpha value is -1.68. The zero-order valence-electron chi connectivity index (χ0n) is 8.24. The normalized spacial score (nSPS) is 14.4. The Bertz CT molecular complexity index is 675. The quantitative estimate of drug-likeness (QED) is 0.696. The Labute approximate surface area is 95.5 Å². The lowest BCUT2D eigenvalue weighted by atomic mass is 10.2. The molecule has 1 aliphatic heterocycles. The molecule has 2 heterocycles. The minimum Gasteiger partial charge on any atom is -0.274 e. The molecule has 0 spiro atoms. The fraction of sp³-hybridized carbons (Fsp3) is 0.182. The minimum atomic E-state index is -0.321. The second kappa shape index (κ2) is 3.15. The van der Waals surface area contributed by atoms with Crippen molar-refractivity contribution in [2.45, 2.75) is 12.8 Å². The second-order valence-corrected chi connectivity index (χ2v) is 4.16. The summed E-state index contributed by atoms with van der Waals surface area (Å²) in [6, 6.07) is 4.90. The number of fused-ring (bicyclic) bond motifs is 3. The van der Waals surface area contributed by atoms with Gasteiger partial charge in [0.25, 0.3) is 5.56 Å². The molecule has 0 amide bonds. The van der Waals surface area contributed by atoms with Crippen LogP contribution in [0.4, 0.5) is 0 Å². The summed E-state index contributed by atoms with van der Waals surface area (Å²) in [5.41, 5.74) is 0.278. The van der Waals surface area contributed by atoms with E-state index in [0.717, 1.165) is 0 Å². The number of carbonyl (C=O) groups is 1. The number of benzene rings is 1. The van der Waals surface area contributed by atoms with Gasteiger partial charge in [-0.25, -0.2) is 0 Å². The highest BCUT2D eigenvalue weighted by molar-refractivity contribution is 6.31. The van der Waals surface area contributed by atoms with Crippen LogP contribution in [0.3, 0.4) is 0 Å². The van der Waals surface area contributed by atoms with E-state index in [9.17, 15) is 9.59 Å². The first kappa shape index (κ1) is 9.54. The van der Waals surface area contributed by atoms with Crippen LogP contribution >= 0.6 is 11.6 Å². The van der Waals surface area contributed by atoms with Gasteiger partial charge in [0.05, 0.1) is 10.9 Å². The molecule has 1 aromatic carbocycles. The highest BCUT2D eigenvalue weighted by Gasteiger charge is 2.22. The first-order valence-corrected chi connectivity index (χ1v) is 5.29. The van der Waals surface area contributed by atoms with Crippen molar-refractivity contribution in [2.75, 3.05) is 0 Å². The molecule has 0 N–H and O–H groups in total. The molecule has 0 radical (unpaired) electrons. The average molecular weight is 235 g/mol. The third-order valence-corrected chi connectivity index (χ3v) is 2.97. The van der Waals surface area contributed by atoms with Gasteiger partial charge in [-0.15, -0.1) is 0 Å². The molecule has 3 rings (SSSR count). The van der Waals surface area contributed by atoms with Gasteiger partial charge in [-0.05, 0) is 18.2 Å². The maximum Gasteiger partial charge on any atom is 0.280 e. The van der Waals surface area contributed by atoms with Crippen LogP contribution in [-0.4, -0.2) is 15.5 Å². The van der Waals surface area contributed by atoms with Crippen molar-refractivity contribution in [3.63, 3.8) is 0 Å². The van der Waals surface area contributed by atoms with Gasteiger partial charge in [0.2, 0.25) is 5.91 Å². The van der Waals surface area contributed by atoms with E-state index in [1.165, 1.54) is 4.57 Å². The molecule has 0 saturated heterocycles. The maximum atomic E-state index is 11.7. The average Bonchev–Trinajstić information content (AvgIpc) is 2.61. The van der Waals surface area contributed by atoms with Crippen LogP contribution in [0.15, 0.2) is 23.0 Å². The van der Waals surface area contributed by atoms with Crippen molar-refractivity contribution in [2.24, 2.45) is 0 Å². The van der Waals surface area contributed by atoms with Gasteiger partial charge < -0.3 is 0 Å². The zero-order valence-corrected chi connectivity index (χ0v) is 8.99. The van der Waals surface area contributed by atoms with Gasteiger partial charge in [0.1, 0.15) is 5.82 Å². The third-order valence-electron chi connectivity index (χ3n) is 2.73. The summed E-state index contributed by atoms with van der Waals surface area (Å²) in [5, 5.41) is 0.865. The zero-order chi connectivity index (χ0) is 11.3. The van der Waals surface area contributed by atoms with Crippen LogP contribution in [0.5, 0.6) is 0 Å². The smallest absolute Gasteiger partial charge is 0.274 e. The van der Waals surface area contributed by atoms with E-state index < -0.39 is 0 Å². The predicted molar refractivity (Wildman–Crippen MR) is 60.0 cm³/mol. The number of hydrogen-bond donors (Lipinski definition) is 0. The van der Waals surface area contributed by atoms with Gasteiger partial charge in [-0.1, -0.05) is 11.6 Å². The van der Waals surface area contributed by atoms with Crippen LogP contribution < -0.4 is 5.56 Å². The number of hydrogen-bond acceptors (Lipinski definition) is 3. The molecule has 0 fully saturated rings. The minimum absolute atomic E-state index is 0.0187. The van der Waals surface area contributed by atoms with Crippen molar-refractivity contribution in [1.82, 2.24) is 9.55 Å². The Morgan fingerprint density at radius 2 is 2.06 bits per heavy atom. The fourth-order valence-electron chi connectivity index (χ4n) is 2.02. The van der Waals surface area contributed by atoms with E-state index in [1.54, 1.807) is 18.2 Å². The lowest BCUT2D eigenvalue weighted by Crippen LogP contribution is -2.17. The molecule has 2 aromatic rings. The molecule has 5 heteroatoms. The third kappa shape index (κ3) is 1.20. The van der Waals surface area contributed by atoms with Crippen molar-refractivity contribution in [3.8, 4) is 0 Å². The Morgan fingerprint density at radius 3 is 2.88 bits per heavy atom. The first-order chi connectivity index (χ1) is 7.66. The van der Waals surface area contributed by atoms with Gasteiger partial charge in [-0.3, -0.25) is 14.2 Å². The Balaban J connectivity index is 2.53. The van der Waals surface area contributed by atoms with Crippen molar-refractivity contribution in [1.29, 1.82) is 0 Å². The topological polar surface area (TPSA) is 52.0 Å². The molecule has 1 aliphatic rings. The van der Waals surface area contributed by atoms with E-state index >= 15 is 0 Å². The number of halogens is 1. The van der Waals surface area contributed by atoms with E-state index in [2.05, 4.69) is 4.98 Å².